The molecule has 0 aromatic carbocycles. The van der Waals surface area contributed by atoms with E-state index in [1.807, 2.05) is 4.90 Å². The maximum atomic E-state index is 12.8. The molecule has 8 heteroatoms. The van der Waals surface area contributed by atoms with Crippen LogP contribution in [-0.4, -0.2) is 88.8 Å². The molecule has 3 aliphatic heterocycles. The van der Waals surface area contributed by atoms with Gasteiger partial charge in [-0.2, -0.15) is 0 Å². The van der Waals surface area contributed by atoms with Crippen molar-refractivity contribution in [3.05, 3.63) is 18.0 Å². The van der Waals surface area contributed by atoms with Crippen LogP contribution in [0.1, 0.15) is 48.9 Å². The lowest BCUT2D eigenvalue weighted by Gasteiger charge is -2.42. The summed E-state index contributed by atoms with van der Waals surface area (Å²) in [6.45, 7) is 5.33. The van der Waals surface area contributed by atoms with Crippen LogP contribution < -0.4 is 5.32 Å². The Morgan fingerprint density at radius 1 is 0.931 bits per heavy atom. The minimum Gasteiger partial charge on any atom is -0.357 e. The molecule has 0 bridgehead atoms. The third kappa shape index (κ3) is 4.52. The lowest BCUT2D eigenvalue weighted by molar-refractivity contribution is -0.136. The fourth-order valence-electron chi connectivity index (χ4n) is 4.92. The second-order valence-electron chi connectivity index (χ2n) is 8.44. The van der Waals surface area contributed by atoms with Crippen LogP contribution in [0.3, 0.4) is 0 Å². The molecule has 4 rings (SSSR count). The van der Waals surface area contributed by atoms with E-state index in [0.29, 0.717) is 23.5 Å². The molecule has 0 aliphatic carbocycles. The molecule has 1 aromatic heterocycles. The van der Waals surface area contributed by atoms with Crippen molar-refractivity contribution in [2.45, 2.75) is 44.6 Å². The Kier molecular flexibility index (Phi) is 6.28. The first kappa shape index (κ1) is 20.1. The second kappa shape index (κ2) is 9.07. The summed E-state index contributed by atoms with van der Waals surface area (Å²) in [4.78, 5) is 40.3. The molecule has 0 saturated carbocycles. The summed E-state index contributed by atoms with van der Waals surface area (Å²) in [7, 11) is 1.76. The van der Waals surface area contributed by atoms with E-state index >= 15 is 0 Å². The van der Waals surface area contributed by atoms with E-state index < -0.39 is 0 Å². The van der Waals surface area contributed by atoms with E-state index in [-0.39, 0.29) is 11.8 Å². The van der Waals surface area contributed by atoms with Gasteiger partial charge in [0, 0.05) is 58.2 Å². The van der Waals surface area contributed by atoms with Gasteiger partial charge in [0.05, 0.1) is 11.5 Å². The Hall–Kier alpha value is -2.22. The minimum atomic E-state index is 0.00633. The quantitative estimate of drug-likeness (QED) is 0.824. The number of nitrogens with zero attached hydrogens (tertiary/aromatic N) is 5. The summed E-state index contributed by atoms with van der Waals surface area (Å²) in [5, 5.41) is 2.86. The molecule has 3 saturated heterocycles. The number of carbonyl (C=O) groups is 2. The lowest BCUT2D eigenvalue weighted by Crippen LogP contribution is -2.51. The van der Waals surface area contributed by atoms with Crippen LogP contribution in [0, 0.1) is 5.92 Å². The Morgan fingerprint density at radius 2 is 1.62 bits per heavy atom. The van der Waals surface area contributed by atoms with E-state index in [0.717, 1.165) is 77.8 Å². The van der Waals surface area contributed by atoms with Gasteiger partial charge in [-0.25, -0.2) is 9.97 Å². The summed E-state index contributed by atoms with van der Waals surface area (Å²) in [6.07, 6.45) is 9.52. The van der Waals surface area contributed by atoms with Crippen molar-refractivity contribution in [3.63, 3.8) is 0 Å². The first-order valence-electron chi connectivity index (χ1n) is 11.0. The lowest BCUT2D eigenvalue weighted by atomic mass is 9.93. The van der Waals surface area contributed by atoms with Crippen LogP contribution in [0.5, 0.6) is 0 Å². The molecule has 29 heavy (non-hydrogen) atoms. The zero-order valence-electron chi connectivity index (χ0n) is 17.3. The number of hydrogen-bond donors (Lipinski definition) is 1. The van der Waals surface area contributed by atoms with E-state index in [4.69, 9.17) is 0 Å². The number of rotatable bonds is 4. The topological polar surface area (TPSA) is 81.7 Å². The van der Waals surface area contributed by atoms with Gasteiger partial charge < -0.3 is 15.1 Å². The van der Waals surface area contributed by atoms with Crippen LogP contribution in [-0.2, 0) is 4.79 Å². The summed E-state index contributed by atoms with van der Waals surface area (Å²) >= 11 is 0. The van der Waals surface area contributed by atoms with Gasteiger partial charge in [0.1, 0.15) is 0 Å². The van der Waals surface area contributed by atoms with Gasteiger partial charge >= 0.3 is 0 Å². The van der Waals surface area contributed by atoms with Gasteiger partial charge in [-0.1, -0.05) is 0 Å². The van der Waals surface area contributed by atoms with Gasteiger partial charge in [0.2, 0.25) is 11.9 Å². The van der Waals surface area contributed by atoms with Gasteiger partial charge in [-0.15, -0.1) is 0 Å². The summed E-state index contributed by atoms with van der Waals surface area (Å²) < 4.78 is 0. The molecule has 3 fully saturated rings. The Labute approximate surface area is 172 Å². The fourth-order valence-corrected chi connectivity index (χ4v) is 4.92. The van der Waals surface area contributed by atoms with Crippen molar-refractivity contribution < 1.29 is 9.59 Å². The highest BCUT2D eigenvalue weighted by atomic mass is 16.2. The number of carbonyl (C=O) groups excluding carboxylic acids is 2. The van der Waals surface area contributed by atoms with Crippen LogP contribution in [0.4, 0.5) is 5.95 Å². The number of aromatic nitrogens is 2. The largest absolute Gasteiger partial charge is 0.357 e. The number of piperidine rings is 2. The van der Waals surface area contributed by atoms with Crippen molar-refractivity contribution in [2.75, 3.05) is 51.6 Å². The van der Waals surface area contributed by atoms with Crippen LogP contribution in [0.15, 0.2) is 12.4 Å². The van der Waals surface area contributed by atoms with Crippen LogP contribution >= 0.6 is 0 Å². The first-order valence-corrected chi connectivity index (χ1v) is 11.0. The maximum absolute atomic E-state index is 12.8. The van der Waals surface area contributed by atoms with Gasteiger partial charge in [0.25, 0.3) is 5.91 Å². The highest BCUT2D eigenvalue weighted by Crippen LogP contribution is 2.26. The normalized spacial score (nSPS) is 24.0. The zero-order chi connectivity index (χ0) is 20.2. The van der Waals surface area contributed by atoms with Gasteiger partial charge in [-0.3, -0.25) is 14.5 Å². The summed E-state index contributed by atoms with van der Waals surface area (Å²) in [5.74, 6) is 1.05. The Balaban J connectivity index is 1.29. The molecule has 158 valence electrons. The molecular formula is C21H32N6O2. The van der Waals surface area contributed by atoms with E-state index in [9.17, 15) is 9.59 Å². The molecule has 0 radical (unpaired) electrons. The smallest absolute Gasteiger partial charge is 0.256 e. The third-order valence-electron chi connectivity index (χ3n) is 6.61. The van der Waals surface area contributed by atoms with E-state index in [1.54, 1.807) is 19.4 Å². The molecule has 1 unspecified atom stereocenters. The average molecular weight is 401 g/mol. The van der Waals surface area contributed by atoms with Crippen molar-refractivity contribution in [2.24, 2.45) is 5.92 Å². The van der Waals surface area contributed by atoms with Crippen molar-refractivity contribution >= 4 is 17.8 Å². The predicted octanol–water partition coefficient (Wildman–Crippen LogP) is 1.46. The number of nitrogens with one attached hydrogen (secondary N) is 1. The predicted molar refractivity (Wildman–Crippen MR) is 111 cm³/mol. The molecule has 0 spiro atoms. The van der Waals surface area contributed by atoms with Crippen LogP contribution in [0.25, 0.3) is 0 Å². The molecular weight excluding hydrogens is 368 g/mol. The molecule has 1 aromatic rings. The number of hydrogen-bond acceptors (Lipinski definition) is 6. The number of likely N-dealkylation sites (tertiary alicyclic amines) is 3. The summed E-state index contributed by atoms with van der Waals surface area (Å²) in [5.41, 5.74) is 0.539. The zero-order valence-corrected chi connectivity index (χ0v) is 17.3. The fraction of sp³-hybridized carbons (Fsp3) is 0.714. The van der Waals surface area contributed by atoms with Gasteiger partial charge in [-0.05, 0) is 45.1 Å². The standard InChI is InChI=1S/C21H32N6O2/c1-22-21-23-13-17(14-24-21)20(29)26-11-6-18(7-12-26)27-10-4-5-16(15-27)19(28)25-8-2-3-9-25/h13-14,16,18H,2-12,15H2,1H3,(H,22,23,24). The first-order chi connectivity index (χ1) is 14.2. The highest BCUT2D eigenvalue weighted by molar-refractivity contribution is 5.93. The third-order valence-corrected chi connectivity index (χ3v) is 6.61. The second-order valence-corrected chi connectivity index (χ2v) is 8.44. The van der Waals surface area contributed by atoms with E-state index in [1.165, 1.54) is 0 Å². The highest BCUT2D eigenvalue weighted by Gasteiger charge is 2.34. The number of anilines is 1. The van der Waals surface area contributed by atoms with E-state index in [2.05, 4.69) is 25.1 Å². The molecule has 8 nitrogen and oxygen atoms in total. The molecule has 3 aliphatic rings. The number of amides is 2. The summed E-state index contributed by atoms with van der Waals surface area (Å²) in [6, 6.07) is 0.469. The molecule has 4 heterocycles. The Bertz CT molecular complexity index is 710. The molecule has 1 atom stereocenters. The molecule has 1 N–H and O–H groups in total. The average Bonchev–Trinajstić information content (AvgIpc) is 3.33. The molecule has 2 amide bonds. The minimum absolute atomic E-state index is 0.00633. The monoisotopic (exact) mass is 400 g/mol. The Morgan fingerprint density at radius 3 is 2.28 bits per heavy atom. The van der Waals surface area contributed by atoms with Crippen molar-refractivity contribution in [1.82, 2.24) is 24.7 Å². The SMILES string of the molecule is CNc1ncc(C(=O)N2CCC(N3CCCC(C(=O)N4CCCC4)C3)CC2)cn1. The van der Waals surface area contributed by atoms with Gasteiger partial charge in [0.15, 0.2) is 0 Å². The van der Waals surface area contributed by atoms with Crippen molar-refractivity contribution in [3.8, 4) is 0 Å². The van der Waals surface area contributed by atoms with Crippen molar-refractivity contribution in [1.29, 1.82) is 0 Å². The van der Waals surface area contributed by atoms with Crippen LogP contribution in [0.2, 0.25) is 0 Å². The maximum Gasteiger partial charge on any atom is 0.256 e.